The van der Waals surface area contributed by atoms with E-state index in [1.54, 1.807) is 11.3 Å². The van der Waals surface area contributed by atoms with E-state index < -0.39 is 0 Å². The van der Waals surface area contributed by atoms with Gasteiger partial charge in [-0.15, -0.1) is 23.7 Å². The number of nitrogens with zero attached hydrogens (tertiary/aromatic N) is 3. The Bertz CT molecular complexity index is 835. The molecule has 0 aliphatic carbocycles. The fraction of sp³-hybridized carbons (Fsp3) is 0.333. The summed E-state index contributed by atoms with van der Waals surface area (Å²) >= 11 is 1.68. The fourth-order valence-electron chi connectivity index (χ4n) is 3.43. The van der Waals surface area contributed by atoms with Crippen LogP contribution in [0.2, 0.25) is 0 Å². The lowest BCUT2D eigenvalue weighted by atomic mass is 10.0. The molecule has 4 rings (SSSR count). The summed E-state index contributed by atoms with van der Waals surface area (Å²) in [7, 11) is 0. The van der Waals surface area contributed by atoms with E-state index in [0.717, 1.165) is 49.0 Å². The maximum absolute atomic E-state index is 4.82. The molecule has 1 aromatic carbocycles. The molecule has 1 saturated heterocycles. The molecular weight excluding hydrogens is 376 g/mol. The van der Waals surface area contributed by atoms with E-state index in [2.05, 4.69) is 51.8 Å². The standard InChI is InChI=1S/C21H24N4S.ClH/c1-2-16-6-8-17(9-7-16)20-13-22-11-12-25(20)14-18-15-26-21(24-18)19-5-3-4-10-23-19;/h3-10,15,20,22H,2,11-14H2,1H3;1H. The molecule has 142 valence electrons. The van der Waals surface area contributed by atoms with Crippen LogP contribution in [-0.2, 0) is 13.0 Å². The zero-order valence-corrected chi connectivity index (χ0v) is 17.1. The second-order valence-corrected chi connectivity index (χ2v) is 7.50. The molecule has 3 aromatic rings. The lowest BCUT2D eigenvalue weighted by molar-refractivity contribution is 0.152. The van der Waals surface area contributed by atoms with E-state index >= 15 is 0 Å². The number of hydrogen-bond donors (Lipinski definition) is 1. The average Bonchev–Trinajstić information content (AvgIpc) is 3.18. The van der Waals surface area contributed by atoms with Gasteiger partial charge in [0, 0.05) is 43.8 Å². The number of piperazine rings is 1. The maximum Gasteiger partial charge on any atom is 0.142 e. The SMILES string of the molecule is CCc1ccc(C2CNCCN2Cc2csc(-c3ccccn3)n2)cc1.Cl. The highest BCUT2D eigenvalue weighted by Gasteiger charge is 2.24. The molecule has 1 aliphatic rings. The molecule has 1 fully saturated rings. The first-order chi connectivity index (χ1) is 12.8. The van der Waals surface area contributed by atoms with Crippen molar-refractivity contribution in [2.24, 2.45) is 0 Å². The van der Waals surface area contributed by atoms with Gasteiger partial charge in [0.1, 0.15) is 5.01 Å². The van der Waals surface area contributed by atoms with Gasteiger partial charge < -0.3 is 5.32 Å². The van der Waals surface area contributed by atoms with Gasteiger partial charge in [0.2, 0.25) is 0 Å². The Labute approximate surface area is 171 Å². The molecule has 1 atom stereocenters. The van der Waals surface area contributed by atoms with Crippen LogP contribution in [0.4, 0.5) is 0 Å². The zero-order valence-electron chi connectivity index (χ0n) is 15.5. The number of aromatic nitrogens is 2. The molecule has 2 aromatic heterocycles. The largest absolute Gasteiger partial charge is 0.314 e. The molecular formula is C21H25ClN4S. The summed E-state index contributed by atoms with van der Waals surface area (Å²) in [6, 6.07) is 15.4. The Hall–Kier alpha value is -1.79. The highest BCUT2D eigenvalue weighted by molar-refractivity contribution is 7.13. The smallest absolute Gasteiger partial charge is 0.142 e. The van der Waals surface area contributed by atoms with Crippen LogP contribution in [0.3, 0.4) is 0 Å². The van der Waals surface area contributed by atoms with E-state index in [-0.39, 0.29) is 12.4 Å². The Balaban J connectivity index is 0.00000210. The second kappa shape index (κ2) is 9.42. The maximum atomic E-state index is 4.82. The van der Waals surface area contributed by atoms with E-state index in [0.29, 0.717) is 6.04 Å². The van der Waals surface area contributed by atoms with Crippen LogP contribution in [-0.4, -0.2) is 34.5 Å². The lowest BCUT2D eigenvalue weighted by Gasteiger charge is -2.36. The minimum absolute atomic E-state index is 0. The van der Waals surface area contributed by atoms with Crippen LogP contribution >= 0.6 is 23.7 Å². The summed E-state index contributed by atoms with van der Waals surface area (Å²) in [6.07, 6.45) is 2.91. The van der Waals surface area contributed by atoms with Gasteiger partial charge in [-0.3, -0.25) is 9.88 Å². The zero-order chi connectivity index (χ0) is 17.8. The minimum atomic E-state index is 0. The van der Waals surface area contributed by atoms with E-state index in [9.17, 15) is 0 Å². The van der Waals surface area contributed by atoms with Gasteiger partial charge in [-0.05, 0) is 29.7 Å². The normalized spacial score (nSPS) is 17.4. The molecule has 3 heterocycles. The van der Waals surface area contributed by atoms with Crippen molar-refractivity contribution in [1.29, 1.82) is 0 Å². The number of aryl methyl sites for hydroxylation is 1. The molecule has 4 nitrogen and oxygen atoms in total. The van der Waals surface area contributed by atoms with Crippen molar-refractivity contribution in [3.8, 4) is 10.7 Å². The fourth-order valence-corrected chi connectivity index (χ4v) is 4.22. The number of rotatable bonds is 5. The Morgan fingerprint density at radius 1 is 1.19 bits per heavy atom. The van der Waals surface area contributed by atoms with Crippen molar-refractivity contribution in [3.63, 3.8) is 0 Å². The number of thiazole rings is 1. The van der Waals surface area contributed by atoms with E-state index in [4.69, 9.17) is 4.98 Å². The van der Waals surface area contributed by atoms with Crippen LogP contribution in [0.5, 0.6) is 0 Å². The average molecular weight is 401 g/mol. The summed E-state index contributed by atoms with van der Waals surface area (Å²) < 4.78 is 0. The van der Waals surface area contributed by atoms with Crippen molar-refractivity contribution in [1.82, 2.24) is 20.2 Å². The first kappa shape index (κ1) is 20.0. The molecule has 6 heteroatoms. The molecule has 1 N–H and O–H groups in total. The molecule has 0 saturated carbocycles. The van der Waals surface area contributed by atoms with Gasteiger partial charge >= 0.3 is 0 Å². The number of hydrogen-bond acceptors (Lipinski definition) is 5. The Morgan fingerprint density at radius 3 is 2.78 bits per heavy atom. The number of pyridine rings is 1. The van der Waals surface area contributed by atoms with Crippen LogP contribution in [0.1, 0.15) is 29.8 Å². The van der Waals surface area contributed by atoms with Crippen molar-refractivity contribution < 1.29 is 0 Å². The second-order valence-electron chi connectivity index (χ2n) is 6.64. The summed E-state index contributed by atoms with van der Waals surface area (Å²) in [5.41, 5.74) is 4.86. The van der Waals surface area contributed by atoms with Crippen LogP contribution < -0.4 is 5.32 Å². The van der Waals surface area contributed by atoms with Crippen LogP contribution in [0.25, 0.3) is 10.7 Å². The number of nitrogens with one attached hydrogen (secondary N) is 1. The van der Waals surface area contributed by atoms with Gasteiger partial charge in [-0.2, -0.15) is 0 Å². The predicted molar refractivity (Wildman–Crippen MR) is 114 cm³/mol. The predicted octanol–water partition coefficient (Wildman–Crippen LogP) is 4.34. The monoisotopic (exact) mass is 400 g/mol. The van der Waals surface area contributed by atoms with Gasteiger partial charge in [-0.25, -0.2) is 4.98 Å². The quantitative estimate of drug-likeness (QED) is 0.691. The molecule has 0 bridgehead atoms. The summed E-state index contributed by atoms with van der Waals surface area (Å²) in [6.45, 7) is 6.14. The number of halogens is 1. The first-order valence-electron chi connectivity index (χ1n) is 9.23. The molecule has 1 unspecified atom stereocenters. The summed E-state index contributed by atoms with van der Waals surface area (Å²) in [5, 5.41) is 6.71. The molecule has 27 heavy (non-hydrogen) atoms. The van der Waals surface area contributed by atoms with Crippen LogP contribution in [0.15, 0.2) is 54.0 Å². The first-order valence-corrected chi connectivity index (χ1v) is 10.1. The van der Waals surface area contributed by atoms with Gasteiger partial charge in [0.15, 0.2) is 0 Å². The van der Waals surface area contributed by atoms with Crippen molar-refractivity contribution in [3.05, 3.63) is 70.9 Å². The van der Waals surface area contributed by atoms with Gasteiger partial charge in [-0.1, -0.05) is 37.3 Å². The Kier molecular flexibility index (Phi) is 6.96. The minimum Gasteiger partial charge on any atom is -0.314 e. The molecule has 0 radical (unpaired) electrons. The molecule has 1 aliphatic heterocycles. The lowest BCUT2D eigenvalue weighted by Crippen LogP contribution is -2.45. The highest BCUT2D eigenvalue weighted by atomic mass is 35.5. The van der Waals surface area contributed by atoms with Crippen molar-refractivity contribution >= 4 is 23.7 Å². The van der Waals surface area contributed by atoms with Gasteiger partial charge in [0.05, 0.1) is 11.4 Å². The molecule has 0 spiro atoms. The summed E-state index contributed by atoms with van der Waals surface area (Å²) in [4.78, 5) is 11.8. The highest BCUT2D eigenvalue weighted by Crippen LogP contribution is 2.27. The molecule has 0 amide bonds. The van der Waals surface area contributed by atoms with E-state index in [1.807, 2.05) is 24.4 Å². The Morgan fingerprint density at radius 2 is 2.04 bits per heavy atom. The van der Waals surface area contributed by atoms with Crippen molar-refractivity contribution in [2.45, 2.75) is 25.9 Å². The third-order valence-electron chi connectivity index (χ3n) is 4.93. The van der Waals surface area contributed by atoms with E-state index in [1.165, 1.54) is 11.1 Å². The van der Waals surface area contributed by atoms with Gasteiger partial charge in [0.25, 0.3) is 0 Å². The van der Waals surface area contributed by atoms with Crippen LogP contribution in [0, 0.1) is 0 Å². The third-order valence-corrected chi connectivity index (χ3v) is 5.84. The topological polar surface area (TPSA) is 41.0 Å². The van der Waals surface area contributed by atoms with Crippen molar-refractivity contribution in [2.75, 3.05) is 19.6 Å². The summed E-state index contributed by atoms with van der Waals surface area (Å²) in [5.74, 6) is 0. The third kappa shape index (κ3) is 4.74. The number of benzene rings is 1.